The van der Waals surface area contributed by atoms with Gasteiger partial charge in [0.2, 0.25) is 5.91 Å². The fourth-order valence-corrected chi connectivity index (χ4v) is 4.51. The number of rotatable bonds is 11. The maximum atomic E-state index is 13.7. The smallest absolute Gasteiger partial charge is 0.266 e. The number of benzene rings is 2. The van der Waals surface area contributed by atoms with Gasteiger partial charge >= 0.3 is 0 Å². The Morgan fingerprint density at radius 3 is 2.35 bits per heavy atom. The minimum Gasteiger partial charge on any atom is -0.494 e. The molecule has 2 atom stereocenters. The van der Waals surface area contributed by atoms with Crippen molar-refractivity contribution in [2.45, 2.75) is 65.8 Å². The Balaban J connectivity index is 2.14. The van der Waals surface area contributed by atoms with Crippen molar-refractivity contribution in [2.75, 3.05) is 13.7 Å². The van der Waals surface area contributed by atoms with Crippen molar-refractivity contribution in [1.82, 2.24) is 14.5 Å². The summed E-state index contributed by atoms with van der Waals surface area (Å²) in [6.07, 6.45) is 4.42. The van der Waals surface area contributed by atoms with Crippen LogP contribution >= 0.6 is 0 Å². The number of fused-ring (bicyclic) bond motifs is 1. The maximum Gasteiger partial charge on any atom is 0.266 e. The molecule has 3 rings (SSSR count). The van der Waals surface area contributed by atoms with Gasteiger partial charge in [-0.15, -0.1) is 0 Å². The molecule has 2 unspecified atom stereocenters. The van der Waals surface area contributed by atoms with Gasteiger partial charge in [-0.25, -0.2) is 4.98 Å². The standard InChI is InChI=1S/C28H37N3O3/c1-6-10-13-20(7-2)27(32)30(5)25(8-3)26-29-24-15-12-11-14-23(24)28(33)31(26)21-16-18-22(19-17-21)34-9-4/h11-12,14-20,25H,6-10,13H2,1-5H3. The summed E-state index contributed by atoms with van der Waals surface area (Å²) in [6.45, 7) is 8.75. The second kappa shape index (κ2) is 11.8. The van der Waals surface area contributed by atoms with Crippen molar-refractivity contribution in [3.63, 3.8) is 0 Å². The number of ether oxygens (including phenoxy) is 1. The highest BCUT2D eigenvalue weighted by Crippen LogP contribution is 2.28. The molecule has 1 aromatic heterocycles. The highest BCUT2D eigenvalue weighted by Gasteiger charge is 2.29. The quantitative estimate of drug-likeness (QED) is 0.355. The number of unbranched alkanes of at least 4 members (excludes halogenated alkanes) is 1. The average molecular weight is 464 g/mol. The number of hydrogen-bond acceptors (Lipinski definition) is 4. The Kier molecular flexibility index (Phi) is 8.85. The summed E-state index contributed by atoms with van der Waals surface area (Å²) >= 11 is 0. The Hall–Kier alpha value is -3.15. The molecule has 182 valence electrons. The number of aromatic nitrogens is 2. The molecule has 0 N–H and O–H groups in total. The lowest BCUT2D eigenvalue weighted by molar-refractivity contribution is -0.137. The van der Waals surface area contributed by atoms with Gasteiger partial charge in [0.25, 0.3) is 5.56 Å². The van der Waals surface area contributed by atoms with Gasteiger partial charge in [0.1, 0.15) is 11.6 Å². The number of amides is 1. The number of nitrogens with zero attached hydrogens (tertiary/aromatic N) is 3. The molecular weight excluding hydrogens is 426 g/mol. The van der Waals surface area contributed by atoms with Crippen LogP contribution in [0.4, 0.5) is 0 Å². The van der Waals surface area contributed by atoms with Crippen LogP contribution in [-0.4, -0.2) is 34.0 Å². The minimum atomic E-state index is -0.327. The first kappa shape index (κ1) is 25.5. The van der Waals surface area contributed by atoms with Crippen molar-refractivity contribution in [1.29, 1.82) is 0 Å². The van der Waals surface area contributed by atoms with Crippen molar-refractivity contribution in [3.05, 3.63) is 64.7 Å². The van der Waals surface area contributed by atoms with Crippen LogP contribution in [0.5, 0.6) is 5.75 Å². The summed E-state index contributed by atoms with van der Waals surface area (Å²) in [6, 6.07) is 14.5. The number of carbonyl (C=O) groups excluding carboxylic acids is 1. The highest BCUT2D eigenvalue weighted by atomic mass is 16.5. The Morgan fingerprint density at radius 2 is 1.74 bits per heavy atom. The van der Waals surface area contributed by atoms with Crippen LogP contribution < -0.4 is 10.3 Å². The Bertz CT molecular complexity index is 1150. The fraction of sp³-hybridized carbons (Fsp3) is 0.464. The molecule has 0 saturated heterocycles. The second-order valence-corrected chi connectivity index (χ2v) is 8.68. The lowest BCUT2D eigenvalue weighted by Gasteiger charge is -2.31. The molecule has 3 aromatic rings. The van der Waals surface area contributed by atoms with Crippen LogP contribution in [-0.2, 0) is 4.79 Å². The molecule has 6 heteroatoms. The number of para-hydroxylation sites is 1. The summed E-state index contributed by atoms with van der Waals surface area (Å²) in [5.74, 6) is 1.42. The van der Waals surface area contributed by atoms with Crippen molar-refractivity contribution in [3.8, 4) is 11.4 Å². The van der Waals surface area contributed by atoms with Crippen molar-refractivity contribution in [2.24, 2.45) is 5.92 Å². The molecule has 0 saturated carbocycles. The van der Waals surface area contributed by atoms with E-state index in [0.29, 0.717) is 35.4 Å². The van der Waals surface area contributed by atoms with E-state index in [-0.39, 0.29) is 23.4 Å². The summed E-state index contributed by atoms with van der Waals surface area (Å²) in [4.78, 5) is 33.9. The average Bonchev–Trinajstić information content (AvgIpc) is 2.86. The fourth-order valence-electron chi connectivity index (χ4n) is 4.51. The van der Waals surface area contributed by atoms with Crippen LogP contribution in [0.2, 0.25) is 0 Å². The molecule has 0 aliphatic carbocycles. The first-order chi connectivity index (χ1) is 16.5. The zero-order chi connectivity index (χ0) is 24.7. The first-order valence-electron chi connectivity index (χ1n) is 12.5. The topological polar surface area (TPSA) is 64.4 Å². The zero-order valence-corrected chi connectivity index (χ0v) is 21.1. The van der Waals surface area contributed by atoms with E-state index in [1.807, 2.05) is 63.4 Å². The molecule has 0 aliphatic heterocycles. The monoisotopic (exact) mass is 463 g/mol. The maximum absolute atomic E-state index is 13.7. The lowest BCUT2D eigenvalue weighted by atomic mass is 9.96. The Labute approximate surface area is 202 Å². The predicted octanol–water partition coefficient (Wildman–Crippen LogP) is 5.91. The molecule has 0 radical (unpaired) electrons. The summed E-state index contributed by atoms with van der Waals surface area (Å²) in [7, 11) is 1.84. The number of carbonyl (C=O) groups is 1. The third kappa shape index (κ3) is 5.32. The van der Waals surface area contributed by atoms with Crippen LogP contribution in [0, 0.1) is 5.92 Å². The van der Waals surface area contributed by atoms with Gasteiger partial charge < -0.3 is 9.64 Å². The third-order valence-corrected chi connectivity index (χ3v) is 6.46. The normalized spacial score (nSPS) is 13.0. The zero-order valence-electron chi connectivity index (χ0n) is 21.1. The summed E-state index contributed by atoms with van der Waals surface area (Å²) in [5.41, 5.74) is 1.21. The van der Waals surface area contributed by atoms with E-state index in [1.165, 1.54) is 0 Å². The second-order valence-electron chi connectivity index (χ2n) is 8.68. The van der Waals surface area contributed by atoms with Crippen LogP contribution in [0.3, 0.4) is 0 Å². The van der Waals surface area contributed by atoms with E-state index < -0.39 is 0 Å². The molecule has 0 fully saturated rings. The van der Waals surface area contributed by atoms with E-state index in [2.05, 4.69) is 13.8 Å². The molecule has 1 amide bonds. The molecule has 0 aliphatic rings. The van der Waals surface area contributed by atoms with Gasteiger partial charge in [-0.1, -0.05) is 45.7 Å². The van der Waals surface area contributed by atoms with Gasteiger partial charge in [-0.3, -0.25) is 14.2 Å². The van der Waals surface area contributed by atoms with Gasteiger partial charge in [-0.2, -0.15) is 0 Å². The molecule has 2 aromatic carbocycles. The molecule has 0 bridgehead atoms. The van der Waals surface area contributed by atoms with E-state index in [4.69, 9.17) is 9.72 Å². The van der Waals surface area contributed by atoms with Gasteiger partial charge in [-0.05, 0) is 62.6 Å². The van der Waals surface area contributed by atoms with Gasteiger partial charge in [0, 0.05) is 13.0 Å². The van der Waals surface area contributed by atoms with E-state index in [0.717, 1.165) is 31.4 Å². The lowest BCUT2D eigenvalue weighted by Crippen LogP contribution is -2.39. The van der Waals surface area contributed by atoms with Crippen LogP contribution in [0.15, 0.2) is 53.3 Å². The van der Waals surface area contributed by atoms with Crippen molar-refractivity contribution >= 4 is 16.8 Å². The number of hydrogen-bond donors (Lipinski definition) is 0. The predicted molar refractivity (Wildman–Crippen MR) is 138 cm³/mol. The molecule has 1 heterocycles. The largest absolute Gasteiger partial charge is 0.494 e. The molecule has 0 spiro atoms. The molecule has 34 heavy (non-hydrogen) atoms. The van der Waals surface area contributed by atoms with Crippen LogP contribution in [0.1, 0.15) is 71.7 Å². The van der Waals surface area contributed by atoms with E-state index in [9.17, 15) is 9.59 Å². The van der Waals surface area contributed by atoms with Crippen LogP contribution in [0.25, 0.3) is 16.6 Å². The highest BCUT2D eigenvalue weighted by molar-refractivity contribution is 5.80. The van der Waals surface area contributed by atoms with Gasteiger partial charge in [0.15, 0.2) is 0 Å². The van der Waals surface area contributed by atoms with Gasteiger partial charge in [0.05, 0.1) is 29.2 Å². The molecule has 6 nitrogen and oxygen atoms in total. The summed E-state index contributed by atoms with van der Waals surface area (Å²) < 4.78 is 7.24. The third-order valence-electron chi connectivity index (χ3n) is 6.46. The SMILES string of the molecule is CCCCC(CC)C(=O)N(C)C(CC)c1nc2ccccc2c(=O)n1-c1ccc(OCC)cc1. The summed E-state index contributed by atoms with van der Waals surface area (Å²) in [5, 5.41) is 0.554. The minimum absolute atomic E-state index is 0.0231. The Morgan fingerprint density at radius 1 is 1.03 bits per heavy atom. The first-order valence-corrected chi connectivity index (χ1v) is 12.5. The van der Waals surface area contributed by atoms with E-state index >= 15 is 0 Å². The van der Waals surface area contributed by atoms with E-state index in [1.54, 1.807) is 15.5 Å². The van der Waals surface area contributed by atoms with Crippen molar-refractivity contribution < 1.29 is 9.53 Å². The molecular formula is C28H37N3O3.